The Morgan fingerprint density at radius 2 is 2.00 bits per heavy atom. The maximum atomic E-state index is 5.25. The third-order valence-corrected chi connectivity index (χ3v) is 4.40. The molecule has 0 aliphatic carbocycles. The average molecular weight is 248 g/mol. The van der Waals surface area contributed by atoms with E-state index in [0.29, 0.717) is 4.88 Å². The molecule has 0 aromatic rings. The summed E-state index contributed by atoms with van der Waals surface area (Å²) in [6.07, 6.45) is 0. The molecule has 0 N–H and O–H groups in total. The SMILES string of the molecule is Br.C[CH2][Zn][CH]1OCCO1. The Balaban J connectivity index is 0.000000640. The van der Waals surface area contributed by atoms with Crippen molar-refractivity contribution >= 4 is 17.0 Å². The van der Waals surface area contributed by atoms with Gasteiger partial charge >= 0.3 is 56.6 Å². The third-order valence-electron chi connectivity index (χ3n) is 1.22. The number of ether oxygens (including phenoxy) is 2. The topological polar surface area (TPSA) is 18.5 Å². The van der Waals surface area contributed by atoms with Crippen LogP contribution in [0.3, 0.4) is 0 Å². The van der Waals surface area contributed by atoms with Gasteiger partial charge in [0.1, 0.15) is 0 Å². The van der Waals surface area contributed by atoms with Gasteiger partial charge in [-0.1, -0.05) is 0 Å². The van der Waals surface area contributed by atoms with Gasteiger partial charge < -0.3 is 0 Å². The molecule has 52 valence electrons. The van der Waals surface area contributed by atoms with Crippen LogP contribution in [-0.4, -0.2) is 18.1 Å². The fourth-order valence-corrected chi connectivity index (χ4v) is 3.20. The van der Waals surface area contributed by atoms with E-state index in [2.05, 4.69) is 6.92 Å². The monoisotopic (exact) mass is 246 g/mol. The molecule has 1 fully saturated rings. The minimum absolute atomic E-state index is 0. The molecule has 0 radical (unpaired) electrons. The van der Waals surface area contributed by atoms with Crippen molar-refractivity contribution in [1.29, 1.82) is 0 Å². The number of hydrogen-bond acceptors (Lipinski definition) is 2. The zero-order valence-corrected chi connectivity index (χ0v) is 10.3. The van der Waals surface area contributed by atoms with Crippen LogP contribution in [0.5, 0.6) is 0 Å². The Bertz CT molecular complexity index is 66.0. The van der Waals surface area contributed by atoms with Crippen LogP contribution < -0.4 is 0 Å². The van der Waals surface area contributed by atoms with E-state index in [4.69, 9.17) is 9.47 Å². The van der Waals surface area contributed by atoms with Gasteiger partial charge in [0.2, 0.25) is 0 Å². The van der Waals surface area contributed by atoms with Crippen LogP contribution in [0.4, 0.5) is 0 Å². The summed E-state index contributed by atoms with van der Waals surface area (Å²) in [6, 6.07) is 0. The predicted octanol–water partition coefficient (Wildman–Crippen LogP) is 1.42. The maximum absolute atomic E-state index is 5.25. The zero-order chi connectivity index (χ0) is 5.82. The first-order valence-electron chi connectivity index (χ1n) is 3.16. The number of halogens is 1. The van der Waals surface area contributed by atoms with Crippen molar-refractivity contribution in [3.8, 4) is 0 Å². The standard InChI is InChI=1S/C3H5O2.C2H5.BrH.Zn/c1-2-5-3-4-1;1-2;;/h3H,1-2H2;1H2,2H3;1H;. The Labute approximate surface area is 73.7 Å². The van der Waals surface area contributed by atoms with Crippen molar-refractivity contribution in [2.45, 2.75) is 16.8 Å². The molecule has 0 aromatic carbocycles. The molecule has 0 bridgehead atoms. The van der Waals surface area contributed by atoms with Crippen LogP contribution in [0.15, 0.2) is 0 Å². The summed E-state index contributed by atoms with van der Waals surface area (Å²) < 4.78 is 10.5. The first-order valence-corrected chi connectivity index (χ1v) is 6.98. The fourth-order valence-electron chi connectivity index (χ4n) is 0.810. The van der Waals surface area contributed by atoms with Crippen molar-refractivity contribution in [2.24, 2.45) is 0 Å². The van der Waals surface area contributed by atoms with E-state index in [0.717, 1.165) is 13.2 Å². The Kier molecular flexibility index (Phi) is 6.44. The Morgan fingerprint density at radius 1 is 1.44 bits per heavy atom. The summed E-state index contributed by atoms with van der Waals surface area (Å²) >= 11 is -0.427. The van der Waals surface area contributed by atoms with Gasteiger partial charge in [-0.15, -0.1) is 17.0 Å². The molecule has 0 aromatic heterocycles. The summed E-state index contributed by atoms with van der Waals surface area (Å²) in [6.45, 7) is 3.87. The average Bonchev–Trinajstić information content (AvgIpc) is 2.19. The van der Waals surface area contributed by atoms with Crippen molar-refractivity contribution < 1.29 is 26.6 Å². The van der Waals surface area contributed by atoms with E-state index in [1.54, 1.807) is 0 Å². The third kappa shape index (κ3) is 3.66. The van der Waals surface area contributed by atoms with Crippen molar-refractivity contribution in [3.63, 3.8) is 0 Å². The van der Waals surface area contributed by atoms with E-state index in [-0.39, 0.29) is 17.0 Å². The summed E-state index contributed by atoms with van der Waals surface area (Å²) in [5, 5.41) is 1.33. The Morgan fingerprint density at radius 3 is 2.44 bits per heavy atom. The zero-order valence-electron chi connectivity index (χ0n) is 5.63. The first kappa shape index (κ1) is 10.0. The van der Waals surface area contributed by atoms with Crippen molar-refractivity contribution in [3.05, 3.63) is 0 Å². The number of rotatable bonds is 2. The second-order valence-corrected chi connectivity index (χ2v) is 6.67. The van der Waals surface area contributed by atoms with E-state index in [9.17, 15) is 0 Å². The molecule has 1 heterocycles. The van der Waals surface area contributed by atoms with Gasteiger partial charge in [-0.25, -0.2) is 0 Å². The van der Waals surface area contributed by atoms with Gasteiger partial charge in [0, 0.05) is 0 Å². The van der Waals surface area contributed by atoms with E-state index in [1.165, 1.54) is 5.02 Å². The fraction of sp³-hybridized carbons (Fsp3) is 1.00. The molecule has 1 aliphatic rings. The molecule has 0 saturated carbocycles. The molecule has 0 unspecified atom stereocenters. The molecule has 1 saturated heterocycles. The van der Waals surface area contributed by atoms with Crippen molar-refractivity contribution in [1.82, 2.24) is 0 Å². The molecule has 1 aliphatic heterocycles. The van der Waals surface area contributed by atoms with E-state index in [1.807, 2.05) is 0 Å². The molecular weight excluding hydrogens is 237 g/mol. The molecule has 9 heavy (non-hydrogen) atoms. The molecule has 4 heteroatoms. The second-order valence-electron chi connectivity index (χ2n) is 1.96. The van der Waals surface area contributed by atoms with Crippen molar-refractivity contribution in [2.75, 3.05) is 13.2 Å². The molecule has 0 spiro atoms. The second kappa shape index (κ2) is 5.78. The van der Waals surface area contributed by atoms with Gasteiger partial charge in [0.15, 0.2) is 0 Å². The molecule has 0 atom stereocenters. The van der Waals surface area contributed by atoms with Crippen LogP contribution in [0.2, 0.25) is 5.02 Å². The van der Waals surface area contributed by atoms with Gasteiger partial charge in [-0.3, -0.25) is 0 Å². The van der Waals surface area contributed by atoms with Crippen LogP contribution in [-0.2, 0) is 26.6 Å². The van der Waals surface area contributed by atoms with Crippen LogP contribution >= 0.6 is 17.0 Å². The molecular formula is C5H11BrO2Zn. The van der Waals surface area contributed by atoms with Crippen LogP contribution in [0.1, 0.15) is 6.92 Å². The minimum atomic E-state index is -0.427. The van der Waals surface area contributed by atoms with E-state index < -0.39 is 17.1 Å². The van der Waals surface area contributed by atoms with Gasteiger partial charge in [0.05, 0.1) is 0 Å². The van der Waals surface area contributed by atoms with Crippen LogP contribution in [0.25, 0.3) is 0 Å². The summed E-state index contributed by atoms with van der Waals surface area (Å²) in [4.78, 5) is 0.299. The summed E-state index contributed by atoms with van der Waals surface area (Å²) in [5.41, 5.74) is 0. The van der Waals surface area contributed by atoms with Gasteiger partial charge in [0.25, 0.3) is 0 Å². The van der Waals surface area contributed by atoms with E-state index >= 15 is 0 Å². The predicted molar refractivity (Wildman–Crippen MR) is 36.5 cm³/mol. The summed E-state index contributed by atoms with van der Waals surface area (Å²) in [5.74, 6) is 0. The normalized spacial score (nSPS) is 18.8. The summed E-state index contributed by atoms with van der Waals surface area (Å²) in [7, 11) is 0. The van der Waals surface area contributed by atoms with Gasteiger partial charge in [-0.2, -0.15) is 0 Å². The molecule has 1 rings (SSSR count). The molecule has 2 nitrogen and oxygen atoms in total. The van der Waals surface area contributed by atoms with Gasteiger partial charge in [-0.05, 0) is 0 Å². The first-order chi connectivity index (χ1) is 3.93. The molecule has 0 amide bonds. The number of hydrogen-bond donors (Lipinski definition) is 0. The van der Waals surface area contributed by atoms with Crippen LogP contribution in [0, 0.1) is 0 Å². The Hall–Kier alpha value is 1.02. The quantitative estimate of drug-likeness (QED) is 0.688.